The number of ether oxygens (including phenoxy) is 3. The molecule has 0 bridgehead atoms. The van der Waals surface area contributed by atoms with Gasteiger partial charge in [0.05, 0.1) is 31.3 Å². The monoisotopic (exact) mass is 1880 g/mol. The number of rotatable bonds is 19. The van der Waals surface area contributed by atoms with Crippen molar-refractivity contribution in [3.8, 4) is 73.6 Å². The Hall–Kier alpha value is -7.58. The van der Waals surface area contributed by atoms with E-state index in [2.05, 4.69) is 174 Å². The molecule has 0 amide bonds. The molecule has 0 aliphatic carbocycles. The molecule has 0 saturated heterocycles. The van der Waals surface area contributed by atoms with E-state index in [4.69, 9.17) is 113 Å². The molecule has 0 fully saturated rings. The summed E-state index contributed by atoms with van der Waals surface area (Å²) in [7, 11) is 48.1. The molecule has 13 aromatic carbocycles. The molecule has 13 rings (SSSR count). The zero-order valence-corrected chi connectivity index (χ0v) is 81.1. The molecule has 0 radical (unpaired) electrons. The average molecular weight is 1890 g/mol. The van der Waals surface area contributed by atoms with Gasteiger partial charge in [0.15, 0.2) is 0 Å². The van der Waals surface area contributed by atoms with Gasteiger partial charge in [-0.1, -0.05) is 259 Å². The van der Waals surface area contributed by atoms with Crippen LogP contribution in [0.1, 0.15) is 131 Å². The standard InChI is InChI=1S/C37H35NO2.C32H33NO2.C30H29NO2.9ClH.3Ti/c1-25-20-27(3)35(32(22-25)31-18-12-13-19-34(31)40-30-16-10-7-11-17-30)38-24-28-21-26(2)23-33(36(28)39)37(4,5)29-14-8-6-9-15-29;1-21-16-23(3)31(35-6)27(18-21)26-14-10-11-15-29(26)33-20-24-17-22(2)19-28(30(24)34)32(4,5)25-12-8-7-9-13-25;1-21-18-22(29(32)26(19-21)30(2,3)23-12-6-5-7-13-23)20-31-27-16-10-8-14-24(27)25-15-9-11-17-28(25)33-4;;;;;;;;;;;;/h6-24,39H,1-5H3;7-20,34H,1-6H3;5-20,32H,1-4H3;9*1H;;;/q;;;;;;;;;;;;3*+3/p-9. The minimum atomic E-state index is -1.92. The first-order valence-electron chi connectivity index (χ1n) is 38.3. The second-order valence-electron chi connectivity index (χ2n) is 29.9. The molecule has 0 aliphatic rings. The molecule has 21 heteroatoms. The van der Waals surface area contributed by atoms with Crippen molar-refractivity contribution in [2.45, 2.75) is 106 Å². The fourth-order valence-corrected chi connectivity index (χ4v) is 14.2. The van der Waals surface area contributed by atoms with Crippen LogP contribution in [0.3, 0.4) is 0 Å². The Morgan fingerprint density at radius 1 is 0.300 bits per heavy atom. The quantitative estimate of drug-likeness (QED) is 0.0547. The summed E-state index contributed by atoms with van der Waals surface area (Å²) in [5, 5.41) is 34.0. The Labute approximate surface area is 762 Å². The number of aromatic hydroxyl groups is 3. The fourth-order valence-electron chi connectivity index (χ4n) is 14.2. The van der Waals surface area contributed by atoms with E-state index in [0.29, 0.717) is 16.7 Å². The van der Waals surface area contributed by atoms with Crippen molar-refractivity contribution in [3.05, 3.63) is 368 Å². The molecule has 0 saturated carbocycles. The Balaban J connectivity index is 0.000000210. The molecule has 0 aliphatic heterocycles. The van der Waals surface area contributed by atoms with Crippen LogP contribution in [0.2, 0.25) is 0 Å². The van der Waals surface area contributed by atoms with E-state index < -0.39 is 44.1 Å². The Morgan fingerprint density at radius 3 is 0.967 bits per heavy atom. The molecule has 120 heavy (non-hydrogen) atoms. The fraction of sp³-hybridized carbons (Fsp3) is 0.182. The minimum absolute atomic E-state index is 0.252. The van der Waals surface area contributed by atoms with Gasteiger partial charge < -0.3 is 29.5 Å². The number of para-hydroxylation sites is 5. The number of aliphatic imine (C=N–C) groups is 3. The summed E-state index contributed by atoms with van der Waals surface area (Å²) < 4.78 is 17.6. The molecular formula is C99H97Cl9N3O6Ti3. The van der Waals surface area contributed by atoms with E-state index in [0.717, 1.165) is 140 Å². The summed E-state index contributed by atoms with van der Waals surface area (Å²) in [6.45, 7) is 27.3. The number of phenols is 3. The third-order valence-corrected chi connectivity index (χ3v) is 20.1. The number of methoxy groups -OCH3 is 2. The van der Waals surface area contributed by atoms with Crippen LogP contribution < -0.4 is 14.2 Å². The second kappa shape index (κ2) is 46.8. The van der Waals surface area contributed by atoms with Crippen LogP contribution in [0, 0.1) is 48.5 Å². The van der Waals surface area contributed by atoms with E-state index >= 15 is 0 Å². The summed E-state index contributed by atoms with van der Waals surface area (Å²) in [5.41, 5.74) is 23.1. The molecule has 619 valence electrons. The molecule has 0 spiro atoms. The van der Waals surface area contributed by atoms with Crippen molar-refractivity contribution in [2.75, 3.05) is 14.2 Å². The zero-order valence-electron chi connectivity index (χ0n) is 69.6. The summed E-state index contributed by atoms with van der Waals surface area (Å²) in [5.74, 6) is 3.96. The Morgan fingerprint density at radius 2 is 0.592 bits per heavy atom. The van der Waals surface area contributed by atoms with Crippen molar-refractivity contribution < 1.29 is 73.6 Å². The predicted octanol–water partition coefficient (Wildman–Crippen LogP) is 31.6. The zero-order chi connectivity index (χ0) is 87.6. The van der Waals surface area contributed by atoms with Gasteiger partial charge in [0.2, 0.25) is 0 Å². The molecule has 13 aromatic rings. The third-order valence-electron chi connectivity index (χ3n) is 20.1. The van der Waals surface area contributed by atoms with Crippen LogP contribution in [-0.2, 0) is 60.3 Å². The van der Waals surface area contributed by atoms with E-state index in [1.54, 1.807) is 32.9 Å². The van der Waals surface area contributed by atoms with E-state index in [1.807, 2.05) is 195 Å². The van der Waals surface area contributed by atoms with Crippen LogP contribution >= 0.6 is 83.7 Å². The van der Waals surface area contributed by atoms with E-state index in [1.165, 1.54) is 5.56 Å². The van der Waals surface area contributed by atoms with Crippen LogP contribution in [0.25, 0.3) is 33.4 Å². The maximum absolute atomic E-state index is 11.5. The van der Waals surface area contributed by atoms with Crippen LogP contribution in [0.5, 0.6) is 40.2 Å². The van der Waals surface area contributed by atoms with Crippen molar-refractivity contribution >= 4 is 119 Å². The number of nitrogens with zero attached hydrogens (tertiary/aromatic N) is 3. The van der Waals surface area contributed by atoms with Gasteiger partial charge in [0.25, 0.3) is 0 Å². The molecule has 0 aromatic heterocycles. The van der Waals surface area contributed by atoms with E-state index in [9.17, 15) is 15.3 Å². The van der Waals surface area contributed by atoms with Gasteiger partial charge in [0, 0.05) is 102 Å². The number of hydrogen-bond donors (Lipinski definition) is 3. The van der Waals surface area contributed by atoms with Crippen LogP contribution in [0.4, 0.5) is 17.1 Å². The van der Waals surface area contributed by atoms with E-state index in [-0.39, 0.29) is 33.5 Å². The average Bonchev–Trinajstić information content (AvgIpc) is 0.808. The SMILES string of the molecule is COc1c(C)cc(C)cc1-c1ccccc1N=Cc1cc(C)cc(C(C)(C)c2ccccc2)c1O.COc1ccccc1-c1ccccc1N=Cc1cc(C)cc(C(C)(C)c2ccccc2)c1O.Cc1cc(C)c(N=Cc2cc(C)cc(C(C)(C)c3ccccc3)c2O)c(-c2ccccc2Oc2ccccc2)c1.[Cl][Ti]([Cl])[Cl].[Cl][Ti]([Cl])[Cl].[Cl][Ti]([Cl])[Cl]. The van der Waals surface area contributed by atoms with Crippen molar-refractivity contribution in [1.29, 1.82) is 0 Å². The van der Waals surface area contributed by atoms with Gasteiger partial charge >= 0.3 is 128 Å². The number of hydrogen-bond acceptors (Lipinski definition) is 9. The van der Waals surface area contributed by atoms with Gasteiger partial charge in [-0.3, -0.25) is 15.0 Å². The Kier molecular flexibility index (Phi) is 38.1. The van der Waals surface area contributed by atoms with Crippen LogP contribution in [-0.4, -0.2) is 48.2 Å². The van der Waals surface area contributed by atoms with Gasteiger partial charge in [-0.25, -0.2) is 0 Å². The topological polar surface area (TPSA) is 125 Å². The second-order valence-corrected chi connectivity index (χ2v) is 53.1. The molecule has 9 nitrogen and oxygen atoms in total. The number of phenolic OH excluding ortho intramolecular Hbond substituents is 3. The first-order valence-corrected chi connectivity index (χ1v) is 57.6. The maximum atomic E-state index is 11.5. The molecule has 0 unspecified atom stereocenters. The molecule has 3 N–H and O–H groups in total. The third kappa shape index (κ3) is 27.5. The van der Waals surface area contributed by atoms with Gasteiger partial charge in [-0.05, 0) is 165 Å². The Bertz CT molecular complexity index is 5620. The first-order chi connectivity index (χ1) is 57.1. The number of benzene rings is 13. The summed E-state index contributed by atoms with van der Waals surface area (Å²) in [4.78, 5) is 14.6. The summed E-state index contributed by atoms with van der Waals surface area (Å²) in [6.07, 6.45) is 5.30. The molecule has 0 atom stereocenters. The van der Waals surface area contributed by atoms with Crippen LogP contribution in [0.15, 0.2) is 294 Å². The first kappa shape index (κ1) is 97.9. The van der Waals surface area contributed by atoms with Crippen molar-refractivity contribution in [3.63, 3.8) is 0 Å². The van der Waals surface area contributed by atoms with Gasteiger partial charge in [0.1, 0.15) is 40.2 Å². The predicted molar refractivity (Wildman–Crippen MR) is 503 cm³/mol. The normalized spacial score (nSPS) is 11.2. The molecular weight excluding hydrogens is 1790 g/mol. The van der Waals surface area contributed by atoms with Gasteiger partial charge in [-0.15, -0.1) is 0 Å². The van der Waals surface area contributed by atoms with Crippen molar-refractivity contribution in [2.24, 2.45) is 15.0 Å². The number of aryl methyl sites for hydroxylation is 7. The number of halogens is 9. The summed E-state index contributed by atoms with van der Waals surface area (Å²) >= 11 is -5.75. The van der Waals surface area contributed by atoms with Gasteiger partial charge in [-0.2, -0.15) is 0 Å². The molecule has 0 heterocycles. The summed E-state index contributed by atoms with van der Waals surface area (Å²) in [6, 6.07) is 93.2. The van der Waals surface area contributed by atoms with Crippen molar-refractivity contribution in [1.82, 2.24) is 0 Å².